The molecule has 1 amide bonds. The second-order valence-corrected chi connectivity index (χ2v) is 5.88. The maximum Gasteiger partial charge on any atom is 0.239 e. The summed E-state index contributed by atoms with van der Waals surface area (Å²) in [5.41, 5.74) is 0. The van der Waals surface area contributed by atoms with Gasteiger partial charge >= 0.3 is 0 Å². The van der Waals surface area contributed by atoms with Crippen molar-refractivity contribution in [1.82, 2.24) is 10.2 Å². The van der Waals surface area contributed by atoms with E-state index in [1.807, 2.05) is 25.6 Å². The second-order valence-electron chi connectivity index (χ2n) is 4.49. The van der Waals surface area contributed by atoms with Crippen LogP contribution in [0.3, 0.4) is 0 Å². The number of carbonyl (C=O) groups is 1. The zero-order chi connectivity index (χ0) is 12.7. The number of nitrogens with one attached hydrogen (secondary N) is 1. The number of ether oxygens (including phenoxy) is 1. The van der Waals surface area contributed by atoms with E-state index in [0.29, 0.717) is 6.61 Å². The summed E-state index contributed by atoms with van der Waals surface area (Å²) in [5, 5.41) is 2.97. The van der Waals surface area contributed by atoms with E-state index >= 15 is 0 Å². The van der Waals surface area contributed by atoms with Gasteiger partial charge in [-0.2, -0.15) is 11.8 Å². The van der Waals surface area contributed by atoms with Gasteiger partial charge in [0, 0.05) is 24.9 Å². The highest BCUT2D eigenvalue weighted by molar-refractivity contribution is 7.99. The lowest BCUT2D eigenvalue weighted by Gasteiger charge is -2.34. The van der Waals surface area contributed by atoms with Gasteiger partial charge in [0.15, 0.2) is 0 Å². The van der Waals surface area contributed by atoms with Crippen molar-refractivity contribution in [1.29, 1.82) is 0 Å². The summed E-state index contributed by atoms with van der Waals surface area (Å²) in [6.07, 6.45) is 0. The third kappa shape index (κ3) is 5.27. The van der Waals surface area contributed by atoms with Crippen molar-refractivity contribution < 1.29 is 9.53 Å². The molecule has 1 rings (SSSR count). The van der Waals surface area contributed by atoms with E-state index in [-0.39, 0.29) is 18.0 Å². The van der Waals surface area contributed by atoms with Gasteiger partial charge in [0.25, 0.3) is 0 Å². The fourth-order valence-electron chi connectivity index (χ4n) is 1.85. The Balaban J connectivity index is 2.44. The quantitative estimate of drug-likeness (QED) is 0.723. The van der Waals surface area contributed by atoms with Gasteiger partial charge in [-0.05, 0) is 19.6 Å². The van der Waals surface area contributed by atoms with Gasteiger partial charge in [-0.25, -0.2) is 0 Å². The van der Waals surface area contributed by atoms with Crippen molar-refractivity contribution in [3.63, 3.8) is 0 Å². The van der Waals surface area contributed by atoms with Crippen molar-refractivity contribution >= 4 is 17.7 Å². The normalized spacial score (nSPS) is 21.8. The molecule has 100 valence electrons. The number of carbonyl (C=O) groups excluding carboxylic acids is 1. The Morgan fingerprint density at radius 2 is 2.35 bits per heavy atom. The molecule has 0 bridgehead atoms. The van der Waals surface area contributed by atoms with Crippen LogP contribution in [0.2, 0.25) is 0 Å². The predicted molar refractivity (Wildman–Crippen MR) is 72.5 cm³/mol. The molecule has 1 unspecified atom stereocenters. The van der Waals surface area contributed by atoms with Crippen LogP contribution >= 0.6 is 11.8 Å². The minimum Gasteiger partial charge on any atom is -0.378 e. The molecule has 0 aliphatic carbocycles. The minimum atomic E-state index is -0.108. The van der Waals surface area contributed by atoms with Gasteiger partial charge in [0.2, 0.25) is 5.91 Å². The first-order valence-corrected chi connectivity index (χ1v) is 7.50. The molecule has 0 aromatic carbocycles. The summed E-state index contributed by atoms with van der Waals surface area (Å²) < 4.78 is 5.41. The first kappa shape index (κ1) is 14.8. The van der Waals surface area contributed by atoms with Crippen LogP contribution in [0.4, 0.5) is 0 Å². The van der Waals surface area contributed by atoms with Gasteiger partial charge in [-0.1, -0.05) is 6.92 Å². The van der Waals surface area contributed by atoms with E-state index in [9.17, 15) is 4.79 Å². The highest BCUT2D eigenvalue weighted by Gasteiger charge is 2.29. The summed E-state index contributed by atoms with van der Waals surface area (Å²) in [4.78, 5) is 14.3. The van der Waals surface area contributed by atoms with E-state index in [1.165, 1.54) is 0 Å². The lowest BCUT2D eigenvalue weighted by molar-refractivity contribution is -0.132. The monoisotopic (exact) mass is 260 g/mol. The van der Waals surface area contributed by atoms with Crippen molar-refractivity contribution in [2.45, 2.75) is 32.9 Å². The van der Waals surface area contributed by atoms with Gasteiger partial charge < -0.3 is 10.1 Å². The van der Waals surface area contributed by atoms with E-state index < -0.39 is 0 Å². The van der Waals surface area contributed by atoms with Gasteiger partial charge in [0.1, 0.15) is 6.04 Å². The Kier molecular flexibility index (Phi) is 6.92. The molecule has 0 radical (unpaired) electrons. The van der Waals surface area contributed by atoms with Crippen molar-refractivity contribution in [3.05, 3.63) is 0 Å². The van der Waals surface area contributed by atoms with Crippen LogP contribution in [0.15, 0.2) is 0 Å². The Hall–Kier alpha value is -0.260. The van der Waals surface area contributed by atoms with Crippen molar-refractivity contribution in [3.8, 4) is 0 Å². The highest BCUT2D eigenvalue weighted by Crippen LogP contribution is 2.09. The summed E-state index contributed by atoms with van der Waals surface area (Å²) in [7, 11) is 0. The molecule has 0 saturated carbocycles. The Labute approximate surface area is 108 Å². The first-order chi connectivity index (χ1) is 8.15. The largest absolute Gasteiger partial charge is 0.378 e. The summed E-state index contributed by atoms with van der Waals surface area (Å²) in [5.74, 6) is 2.32. The highest BCUT2D eigenvalue weighted by atomic mass is 32.2. The van der Waals surface area contributed by atoms with Crippen LogP contribution in [-0.4, -0.2) is 60.7 Å². The lowest BCUT2D eigenvalue weighted by atomic mass is 10.2. The molecule has 1 saturated heterocycles. The topological polar surface area (TPSA) is 41.6 Å². The molecule has 1 N–H and O–H groups in total. The molecule has 1 fully saturated rings. The van der Waals surface area contributed by atoms with E-state index in [0.717, 1.165) is 31.2 Å². The number of hydrogen-bond donors (Lipinski definition) is 1. The smallest absolute Gasteiger partial charge is 0.239 e. The second kappa shape index (κ2) is 7.95. The minimum absolute atomic E-state index is 0.0983. The van der Waals surface area contributed by atoms with Crippen LogP contribution in [0, 0.1) is 0 Å². The van der Waals surface area contributed by atoms with Gasteiger partial charge in [0.05, 0.1) is 13.2 Å². The van der Waals surface area contributed by atoms with E-state index in [4.69, 9.17) is 4.74 Å². The molecule has 0 spiro atoms. The molecular formula is C12H24N2O2S. The van der Waals surface area contributed by atoms with Gasteiger partial charge in [-0.3, -0.25) is 9.69 Å². The molecule has 1 aliphatic heterocycles. The third-order valence-electron chi connectivity index (χ3n) is 2.70. The van der Waals surface area contributed by atoms with Gasteiger partial charge in [-0.15, -0.1) is 0 Å². The summed E-state index contributed by atoms with van der Waals surface area (Å²) in [6, 6.07) is 0.0832. The predicted octanol–water partition coefficient (Wildman–Crippen LogP) is 0.965. The zero-order valence-electron chi connectivity index (χ0n) is 11.1. The number of amides is 1. The summed E-state index contributed by atoms with van der Waals surface area (Å²) >= 11 is 1.92. The number of rotatable bonds is 6. The maximum atomic E-state index is 12.0. The van der Waals surface area contributed by atoms with Crippen LogP contribution in [0.1, 0.15) is 20.8 Å². The fraction of sp³-hybridized carbons (Fsp3) is 0.917. The SMILES string of the molecule is CCSCCN1CCOCC1C(=O)NC(C)C. The summed E-state index contributed by atoms with van der Waals surface area (Å²) in [6.45, 7) is 9.22. The number of nitrogens with zero attached hydrogens (tertiary/aromatic N) is 1. The molecule has 0 aromatic rings. The number of morpholine rings is 1. The molecule has 5 heteroatoms. The molecule has 1 atom stereocenters. The third-order valence-corrected chi connectivity index (χ3v) is 3.58. The lowest BCUT2D eigenvalue weighted by Crippen LogP contribution is -2.55. The molecule has 17 heavy (non-hydrogen) atoms. The molecule has 1 heterocycles. The first-order valence-electron chi connectivity index (χ1n) is 6.35. The Morgan fingerprint density at radius 1 is 1.59 bits per heavy atom. The molecular weight excluding hydrogens is 236 g/mol. The maximum absolute atomic E-state index is 12.0. The number of hydrogen-bond acceptors (Lipinski definition) is 4. The molecule has 4 nitrogen and oxygen atoms in total. The molecule has 1 aliphatic rings. The van der Waals surface area contributed by atoms with E-state index in [2.05, 4.69) is 17.1 Å². The van der Waals surface area contributed by atoms with Crippen LogP contribution in [0.5, 0.6) is 0 Å². The van der Waals surface area contributed by atoms with E-state index in [1.54, 1.807) is 0 Å². The van der Waals surface area contributed by atoms with Crippen molar-refractivity contribution in [2.24, 2.45) is 0 Å². The Morgan fingerprint density at radius 3 is 3.00 bits per heavy atom. The van der Waals surface area contributed by atoms with Crippen molar-refractivity contribution in [2.75, 3.05) is 37.8 Å². The van der Waals surface area contributed by atoms with Crippen LogP contribution in [-0.2, 0) is 9.53 Å². The average Bonchev–Trinajstić information content (AvgIpc) is 2.29. The fourth-order valence-corrected chi connectivity index (χ4v) is 2.51. The zero-order valence-corrected chi connectivity index (χ0v) is 11.9. The number of thioether (sulfide) groups is 1. The van der Waals surface area contributed by atoms with Crippen LogP contribution in [0.25, 0.3) is 0 Å². The molecule has 0 aromatic heterocycles. The standard InChI is InChI=1S/C12H24N2O2S/c1-4-17-8-6-14-5-7-16-9-11(14)12(15)13-10(2)3/h10-11H,4-9H2,1-3H3,(H,13,15). The Bertz CT molecular complexity index is 237. The average molecular weight is 260 g/mol. The van der Waals surface area contributed by atoms with Crippen LogP contribution < -0.4 is 5.32 Å².